The highest BCUT2D eigenvalue weighted by Gasteiger charge is 2.24. The first-order valence-electron chi connectivity index (χ1n) is 6.85. The molecule has 0 unspecified atom stereocenters. The monoisotopic (exact) mass is 283 g/mol. The molecule has 2 aromatic carbocycles. The number of fused-ring (bicyclic) bond motifs is 1. The summed E-state index contributed by atoms with van der Waals surface area (Å²) in [5, 5.41) is 0. The van der Waals surface area contributed by atoms with Crippen LogP contribution in [0.15, 0.2) is 59.6 Å². The van der Waals surface area contributed by atoms with Gasteiger partial charge in [-0.25, -0.2) is 8.78 Å². The van der Waals surface area contributed by atoms with E-state index in [0.29, 0.717) is 5.69 Å². The second-order valence-electron chi connectivity index (χ2n) is 5.22. The first kappa shape index (κ1) is 13.7. The number of allylic oxidation sites excluding steroid dienone is 2. The van der Waals surface area contributed by atoms with E-state index in [1.54, 1.807) is 18.3 Å². The zero-order valence-electron chi connectivity index (χ0n) is 11.7. The molecule has 0 heterocycles. The second kappa shape index (κ2) is 5.24. The molecule has 106 valence electrons. The van der Waals surface area contributed by atoms with Crippen LogP contribution in [-0.4, -0.2) is 6.21 Å². The molecule has 2 aromatic rings. The van der Waals surface area contributed by atoms with Gasteiger partial charge in [-0.15, -0.1) is 0 Å². The van der Waals surface area contributed by atoms with Crippen LogP contribution in [0.1, 0.15) is 23.6 Å². The van der Waals surface area contributed by atoms with Gasteiger partial charge in [-0.1, -0.05) is 42.5 Å². The molecule has 0 spiro atoms. The van der Waals surface area contributed by atoms with Crippen LogP contribution < -0.4 is 0 Å². The zero-order valence-corrected chi connectivity index (χ0v) is 11.7. The van der Waals surface area contributed by atoms with E-state index in [2.05, 4.69) is 23.2 Å². The van der Waals surface area contributed by atoms with Crippen molar-refractivity contribution in [2.45, 2.75) is 19.3 Å². The molecule has 1 aliphatic carbocycles. The maximum Gasteiger partial charge on any atom is 0.270 e. The van der Waals surface area contributed by atoms with Gasteiger partial charge >= 0.3 is 0 Å². The molecule has 0 radical (unpaired) electrons. The van der Waals surface area contributed by atoms with Crippen LogP contribution in [0.3, 0.4) is 0 Å². The molecule has 1 nitrogen and oxygen atoms in total. The van der Waals surface area contributed by atoms with Gasteiger partial charge in [0.25, 0.3) is 5.92 Å². The van der Waals surface area contributed by atoms with Crippen molar-refractivity contribution in [3.05, 3.63) is 71.3 Å². The van der Waals surface area contributed by atoms with Gasteiger partial charge in [0.1, 0.15) is 0 Å². The summed E-state index contributed by atoms with van der Waals surface area (Å²) in [5.41, 5.74) is 4.00. The fourth-order valence-corrected chi connectivity index (χ4v) is 2.44. The molecular weight excluding hydrogens is 268 g/mol. The third-order valence-corrected chi connectivity index (χ3v) is 3.58. The third-order valence-electron chi connectivity index (χ3n) is 3.58. The highest BCUT2D eigenvalue weighted by atomic mass is 19.3. The Bertz CT molecular complexity index is 724. The summed E-state index contributed by atoms with van der Waals surface area (Å²) < 4.78 is 26.6. The van der Waals surface area contributed by atoms with Gasteiger partial charge in [-0.2, -0.15) is 0 Å². The van der Waals surface area contributed by atoms with Gasteiger partial charge in [0.05, 0.1) is 5.69 Å². The van der Waals surface area contributed by atoms with Crippen LogP contribution in [-0.2, 0) is 12.3 Å². The Hall–Kier alpha value is -2.29. The van der Waals surface area contributed by atoms with E-state index >= 15 is 0 Å². The van der Waals surface area contributed by atoms with Gasteiger partial charge in [-0.05, 0) is 35.3 Å². The summed E-state index contributed by atoms with van der Waals surface area (Å²) in [7, 11) is 0. The Kier molecular flexibility index (Phi) is 3.42. The lowest BCUT2D eigenvalue weighted by Crippen LogP contribution is -2.05. The van der Waals surface area contributed by atoms with Gasteiger partial charge in [0.15, 0.2) is 0 Å². The van der Waals surface area contributed by atoms with Gasteiger partial charge < -0.3 is 0 Å². The molecule has 0 saturated heterocycles. The summed E-state index contributed by atoms with van der Waals surface area (Å²) in [5.74, 6) is -2.84. The minimum Gasteiger partial charge on any atom is -0.256 e. The molecular formula is C18H15F2N. The Balaban J connectivity index is 1.85. The van der Waals surface area contributed by atoms with E-state index in [1.807, 2.05) is 12.1 Å². The predicted octanol–water partition coefficient (Wildman–Crippen LogP) is 5.14. The number of nitrogens with zero attached hydrogens (tertiary/aromatic N) is 1. The summed E-state index contributed by atoms with van der Waals surface area (Å²) in [6.07, 6.45) is 4.75. The van der Waals surface area contributed by atoms with Gasteiger partial charge in [-0.3, -0.25) is 4.99 Å². The van der Waals surface area contributed by atoms with Crippen LogP contribution >= 0.6 is 0 Å². The molecule has 0 aliphatic heterocycles. The Morgan fingerprint density at radius 3 is 2.71 bits per heavy atom. The van der Waals surface area contributed by atoms with E-state index < -0.39 is 5.92 Å². The van der Waals surface area contributed by atoms with Crippen LogP contribution in [0, 0.1) is 0 Å². The first-order valence-corrected chi connectivity index (χ1v) is 6.85. The molecule has 21 heavy (non-hydrogen) atoms. The fraction of sp³-hybridized carbons (Fsp3) is 0.167. The molecule has 0 aromatic heterocycles. The van der Waals surface area contributed by atoms with Crippen molar-refractivity contribution in [1.29, 1.82) is 0 Å². The minimum absolute atomic E-state index is 0.0158. The van der Waals surface area contributed by atoms with Crippen LogP contribution in [0.2, 0.25) is 0 Å². The zero-order chi connectivity index (χ0) is 14.9. The number of hydrogen-bond acceptors (Lipinski definition) is 1. The van der Waals surface area contributed by atoms with Crippen molar-refractivity contribution in [1.82, 2.24) is 0 Å². The van der Waals surface area contributed by atoms with Crippen LogP contribution in [0.4, 0.5) is 14.5 Å². The summed E-state index contributed by atoms with van der Waals surface area (Å²) in [6, 6.07) is 14.3. The second-order valence-corrected chi connectivity index (χ2v) is 5.22. The number of halogens is 2. The SMILES string of the molecule is CC(F)(F)c1cccc(N=CC2=CCc3ccccc32)c1. The molecule has 1 aliphatic rings. The van der Waals surface area contributed by atoms with E-state index in [-0.39, 0.29) is 5.56 Å². The maximum atomic E-state index is 13.3. The number of alkyl halides is 2. The lowest BCUT2D eigenvalue weighted by molar-refractivity contribution is 0.0175. The molecule has 3 rings (SSSR count). The minimum atomic E-state index is -2.84. The average molecular weight is 283 g/mol. The fourth-order valence-electron chi connectivity index (χ4n) is 2.44. The molecule has 0 N–H and O–H groups in total. The van der Waals surface area contributed by atoms with Crippen molar-refractivity contribution < 1.29 is 8.78 Å². The Labute approximate surface area is 122 Å². The summed E-state index contributed by atoms with van der Waals surface area (Å²) in [4.78, 5) is 4.33. The van der Waals surface area contributed by atoms with E-state index in [0.717, 1.165) is 18.9 Å². The summed E-state index contributed by atoms with van der Waals surface area (Å²) >= 11 is 0. The standard InChI is InChI=1S/C18H15F2N/c1-18(19,20)15-6-4-7-16(11-15)21-12-14-10-9-13-5-2-3-8-17(13)14/h2-8,10-12H,9H2,1H3. The molecule has 0 bridgehead atoms. The highest BCUT2D eigenvalue weighted by molar-refractivity contribution is 6.12. The molecule has 0 saturated carbocycles. The lowest BCUT2D eigenvalue weighted by Gasteiger charge is -2.10. The quantitative estimate of drug-likeness (QED) is 0.692. The first-order chi connectivity index (χ1) is 10.0. The molecule has 3 heteroatoms. The number of benzene rings is 2. The maximum absolute atomic E-state index is 13.3. The number of aliphatic imine (C=N–C) groups is 1. The van der Waals surface area contributed by atoms with Gasteiger partial charge in [0.2, 0.25) is 0 Å². The molecule has 0 atom stereocenters. The van der Waals surface area contributed by atoms with Crippen molar-refractivity contribution in [2.24, 2.45) is 4.99 Å². The Morgan fingerprint density at radius 2 is 1.90 bits per heavy atom. The molecule has 0 amide bonds. The van der Waals surface area contributed by atoms with E-state index in [9.17, 15) is 8.78 Å². The van der Waals surface area contributed by atoms with E-state index in [4.69, 9.17) is 0 Å². The smallest absolute Gasteiger partial charge is 0.256 e. The normalized spacial score (nSPS) is 14.3. The average Bonchev–Trinajstić information content (AvgIpc) is 2.88. The Morgan fingerprint density at radius 1 is 1.10 bits per heavy atom. The van der Waals surface area contributed by atoms with Crippen molar-refractivity contribution in [3.8, 4) is 0 Å². The van der Waals surface area contributed by atoms with Crippen LogP contribution in [0.5, 0.6) is 0 Å². The topological polar surface area (TPSA) is 12.4 Å². The molecule has 0 fully saturated rings. The predicted molar refractivity (Wildman–Crippen MR) is 82.3 cm³/mol. The van der Waals surface area contributed by atoms with Crippen molar-refractivity contribution in [3.63, 3.8) is 0 Å². The van der Waals surface area contributed by atoms with E-state index in [1.165, 1.54) is 23.3 Å². The number of rotatable bonds is 3. The number of hydrogen-bond donors (Lipinski definition) is 0. The highest BCUT2D eigenvalue weighted by Crippen LogP contribution is 2.30. The van der Waals surface area contributed by atoms with Crippen LogP contribution in [0.25, 0.3) is 5.57 Å². The third kappa shape index (κ3) is 2.92. The lowest BCUT2D eigenvalue weighted by atomic mass is 10.1. The van der Waals surface area contributed by atoms with Gasteiger partial charge in [0, 0.05) is 18.7 Å². The van der Waals surface area contributed by atoms with Crippen molar-refractivity contribution in [2.75, 3.05) is 0 Å². The largest absolute Gasteiger partial charge is 0.270 e. The van der Waals surface area contributed by atoms with Crippen molar-refractivity contribution >= 4 is 17.5 Å². The summed E-state index contributed by atoms with van der Waals surface area (Å²) in [6.45, 7) is 0.894.